The van der Waals surface area contributed by atoms with Crippen molar-refractivity contribution >= 4 is 29.2 Å². The minimum atomic E-state index is 0.497. The molecule has 0 radical (unpaired) electrons. The summed E-state index contributed by atoms with van der Waals surface area (Å²) in [6, 6.07) is 16.2. The molecule has 0 fully saturated rings. The molecule has 0 aliphatic heterocycles. The fourth-order valence-electron chi connectivity index (χ4n) is 2.21. The van der Waals surface area contributed by atoms with Crippen LogP contribution in [-0.4, -0.2) is 29.0 Å². The van der Waals surface area contributed by atoms with Crippen molar-refractivity contribution in [2.75, 3.05) is 29.6 Å². The Morgan fingerprint density at radius 3 is 1.40 bits per heavy atom. The van der Waals surface area contributed by atoms with E-state index in [0.717, 1.165) is 11.4 Å². The predicted molar refractivity (Wildman–Crippen MR) is 103 cm³/mol. The lowest BCUT2D eigenvalue weighted by Crippen LogP contribution is -2.15. The minimum Gasteiger partial charge on any atom is -0.347 e. The predicted octanol–water partition coefficient (Wildman–Crippen LogP) is 4.04. The van der Waals surface area contributed by atoms with E-state index in [-0.39, 0.29) is 0 Å². The van der Waals surface area contributed by atoms with Crippen LogP contribution in [-0.2, 0) is 0 Å². The molecule has 0 saturated carbocycles. The Morgan fingerprint density at radius 2 is 1.04 bits per heavy atom. The Bertz CT molecular complexity index is 775. The van der Waals surface area contributed by atoms with Crippen LogP contribution in [0.4, 0.5) is 29.2 Å². The Balaban J connectivity index is 1.88. The maximum absolute atomic E-state index is 4.48. The summed E-state index contributed by atoms with van der Waals surface area (Å²) >= 11 is 0. The van der Waals surface area contributed by atoms with Crippen molar-refractivity contribution in [3.05, 3.63) is 59.7 Å². The molecule has 0 spiro atoms. The molecule has 0 amide bonds. The molecular formula is C19H22N6. The fourth-order valence-corrected chi connectivity index (χ4v) is 2.21. The van der Waals surface area contributed by atoms with Gasteiger partial charge in [-0.1, -0.05) is 35.4 Å². The van der Waals surface area contributed by atoms with Crippen LogP contribution in [0, 0.1) is 13.8 Å². The van der Waals surface area contributed by atoms with E-state index in [1.807, 2.05) is 67.5 Å². The molecule has 0 saturated heterocycles. The molecule has 25 heavy (non-hydrogen) atoms. The van der Waals surface area contributed by atoms with Crippen LogP contribution in [0.1, 0.15) is 11.1 Å². The molecule has 0 unspecified atom stereocenters. The lowest BCUT2D eigenvalue weighted by atomic mass is 10.2. The number of anilines is 5. The van der Waals surface area contributed by atoms with Crippen molar-refractivity contribution in [2.45, 2.75) is 13.8 Å². The third-order valence-electron chi connectivity index (χ3n) is 3.64. The Kier molecular flexibility index (Phi) is 4.79. The molecule has 0 bridgehead atoms. The Labute approximate surface area is 148 Å². The van der Waals surface area contributed by atoms with Crippen LogP contribution in [0.15, 0.2) is 48.5 Å². The van der Waals surface area contributed by atoms with Crippen molar-refractivity contribution in [2.24, 2.45) is 0 Å². The van der Waals surface area contributed by atoms with Gasteiger partial charge in [0.25, 0.3) is 0 Å². The number of rotatable bonds is 5. The summed E-state index contributed by atoms with van der Waals surface area (Å²) in [5.74, 6) is 1.58. The number of aryl methyl sites for hydroxylation is 2. The monoisotopic (exact) mass is 334 g/mol. The van der Waals surface area contributed by atoms with E-state index in [4.69, 9.17) is 0 Å². The number of aromatic nitrogens is 3. The summed E-state index contributed by atoms with van der Waals surface area (Å²) in [6.45, 7) is 4.11. The molecule has 128 valence electrons. The summed E-state index contributed by atoms with van der Waals surface area (Å²) in [5, 5.41) is 6.47. The Hall–Kier alpha value is -3.15. The summed E-state index contributed by atoms with van der Waals surface area (Å²) in [4.78, 5) is 15.2. The Morgan fingerprint density at radius 1 is 0.640 bits per heavy atom. The first kappa shape index (κ1) is 16.7. The highest BCUT2D eigenvalue weighted by Crippen LogP contribution is 2.20. The molecule has 3 aromatic rings. The number of benzene rings is 2. The first-order valence-electron chi connectivity index (χ1n) is 8.10. The number of hydrogen-bond acceptors (Lipinski definition) is 6. The maximum Gasteiger partial charge on any atom is 0.233 e. The van der Waals surface area contributed by atoms with Gasteiger partial charge in [0.1, 0.15) is 0 Å². The van der Waals surface area contributed by atoms with Gasteiger partial charge in [0, 0.05) is 25.5 Å². The van der Waals surface area contributed by atoms with Crippen LogP contribution >= 0.6 is 0 Å². The van der Waals surface area contributed by atoms with E-state index >= 15 is 0 Å². The molecule has 6 nitrogen and oxygen atoms in total. The van der Waals surface area contributed by atoms with Crippen LogP contribution in [0.2, 0.25) is 0 Å². The second-order valence-corrected chi connectivity index (χ2v) is 6.16. The zero-order chi connectivity index (χ0) is 17.8. The van der Waals surface area contributed by atoms with Crippen molar-refractivity contribution in [3.8, 4) is 0 Å². The topological polar surface area (TPSA) is 66.0 Å². The van der Waals surface area contributed by atoms with Gasteiger partial charge in [0.15, 0.2) is 0 Å². The molecule has 2 N–H and O–H groups in total. The first-order valence-corrected chi connectivity index (χ1v) is 8.10. The van der Waals surface area contributed by atoms with Gasteiger partial charge in [-0.15, -0.1) is 0 Å². The fraction of sp³-hybridized carbons (Fsp3) is 0.211. The lowest BCUT2D eigenvalue weighted by molar-refractivity contribution is 0.966. The molecule has 0 atom stereocenters. The van der Waals surface area contributed by atoms with Gasteiger partial charge in [0.2, 0.25) is 17.8 Å². The maximum atomic E-state index is 4.48. The van der Waals surface area contributed by atoms with Gasteiger partial charge in [-0.2, -0.15) is 15.0 Å². The third kappa shape index (κ3) is 4.44. The van der Waals surface area contributed by atoms with Crippen LogP contribution in [0.3, 0.4) is 0 Å². The zero-order valence-corrected chi connectivity index (χ0v) is 14.9. The molecule has 3 rings (SSSR count). The van der Waals surface area contributed by atoms with Gasteiger partial charge >= 0.3 is 0 Å². The van der Waals surface area contributed by atoms with E-state index in [0.29, 0.717) is 17.8 Å². The summed E-state index contributed by atoms with van der Waals surface area (Å²) in [5.41, 5.74) is 4.28. The molecule has 1 aromatic heterocycles. The lowest BCUT2D eigenvalue weighted by Gasteiger charge is -2.14. The van der Waals surface area contributed by atoms with Crippen molar-refractivity contribution < 1.29 is 0 Å². The van der Waals surface area contributed by atoms with E-state index in [1.54, 1.807) is 0 Å². The smallest absolute Gasteiger partial charge is 0.233 e. The average Bonchev–Trinajstić information content (AvgIpc) is 2.59. The SMILES string of the molecule is Cc1ccc(Nc2nc(Nc3ccc(C)cc3)nc(N(C)C)n2)cc1. The van der Waals surface area contributed by atoms with E-state index in [9.17, 15) is 0 Å². The molecular weight excluding hydrogens is 312 g/mol. The highest BCUT2D eigenvalue weighted by molar-refractivity contribution is 5.59. The quantitative estimate of drug-likeness (QED) is 0.734. The highest BCUT2D eigenvalue weighted by Gasteiger charge is 2.09. The molecule has 1 heterocycles. The molecule has 6 heteroatoms. The molecule has 2 aromatic carbocycles. The van der Waals surface area contributed by atoms with Crippen molar-refractivity contribution in [1.29, 1.82) is 0 Å². The van der Waals surface area contributed by atoms with Gasteiger partial charge in [-0.25, -0.2) is 0 Å². The van der Waals surface area contributed by atoms with Gasteiger partial charge in [-0.05, 0) is 38.1 Å². The van der Waals surface area contributed by atoms with Gasteiger partial charge in [-0.3, -0.25) is 0 Å². The van der Waals surface area contributed by atoms with E-state index in [1.165, 1.54) is 11.1 Å². The molecule has 0 aliphatic carbocycles. The summed E-state index contributed by atoms with van der Waals surface area (Å²) < 4.78 is 0. The van der Waals surface area contributed by atoms with Crippen LogP contribution < -0.4 is 15.5 Å². The third-order valence-corrected chi connectivity index (χ3v) is 3.64. The van der Waals surface area contributed by atoms with Crippen molar-refractivity contribution in [1.82, 2.24) is 15.0 Å². The standard InChI is InChI=1S/C19H22N6/c1-13-5-9-15(10-6-13)20-17-22-18(24-19(23-17)25(3)4)21-16-11-7-14(2)8-12-16/h5-12H,1-4H3,(H2,20,21,22,23,24). The largest absolute Gasteiger partial charge is 0.347 e. The summed E-state index contributed by atoms with van der Waals surface area (Å²) in [7, 11) is 3.81. The van der Waals surface area contributed by atoms with E-state index in [2.05, 4.69) is 39.4 Å². The van der Waals surface area contributed by atoms with Gasteiger partial charge in [0.05, 0.1) is 0 Å². The number of nitrogens with zero attached hydrogens (tertiary/aromatic N) is 4. The van der Waals surface area contributed by atoms with Crippen LogP contribution in [0.5, 0.6) is 0 Å². The summed E-state index contributed by atoms with van der Waals surface area (Å²) in [6.07, 6.45) is 0. The minimum absolute atomic E-state index is 0.497. The normalized spacial score (nSPS) is 10.4. The second-order valence-electron chi connectivity index (χ2n) is 6.16. The highest BCUT2D eigenvalue weighted by atomic mass is 15.3. The zero-order valence-electron chi connectivity index (χ0n) is 14.9. The van der Waals surface area contributed by atoms with Crippen LogP contribution in [0.25, 0.3) is 0 Å². The first-order chi connectivity index (χ1) is 12.0. The van der Waals surface area contributed by atoms with Gasteiger partial charge < -0.3 is 15.5 Å². The second kappa shape index (κ2) is 7.17. The number of hydrogen-bond donors (Lipinski definition) is 2. The molecule has 0 aliphatic rings. The number of nitrogens with one attached hydrogen (secondary N) is 2. The van der Waals surface area contributed by atoms with E-state index < -0.39 is 0 Å². The average molecular weight is 334 g/mol. The van der Waals surface area contributed by atoms with Crippen molar-refractivity contribution in [3.63, 3.8) is 0 Å².